The van der Waals surface area contributed by atoms with Crippen molar-refractivity contribution in [1.29, 1.82) is 0 Å². The van der Waals surface area contributed by atoms with Gasteiger partial charge in [0.05, 0.1) is 0 Å². The Labute approximate surface area is 91.6 Å². The van der Waals surface area contributed by atoms with Gasteiger partial charge in [0.15, 0.2) is 0 Å². The first-order valence-electron chi connectivity index (χ1n) is 5.95. The van der Waals surface area contributed by atoms with Crippen LogP contribution in [0, 0.1) is 5.92 Å². The molecule has 0 aromatic rings. The summed E-state index contributed by atoms with van der Waals surface area (Å²) >= 11 is 0. The van der Waals surface area contributed by atoms with Crippen molar-refractivity contribution < 1.29 is 4.79 Å². The lowest BCUT2D eigenvalue weighted by atomic mass is 9.94. The monoisotopic (exact) mass is 211 g/mol. The lowest BCUT2D eigenvalue weighted by Gasteiger charge is -2.24. The highest BCUT2D eigenvalue weighted by Crippen LogP contribution is 2.25. The van der Waals surface area contributed by atoms with E-state index in [-0.39, 0.29) is 6.03 Å². The van der Waals surface area contributed by atoms with Crippen molar-refractivity contribution in [3.05, 3.63) is 0 Å². The van der Waals surface area contributed by atoms with Crippen LogP contribution in [0.15, 0.2) is 0 Å². The van der Waals surface area contributed by atoms with Gasteiger partial charge < -0.3 is 15.1 Å². The summed E-state index contributed by atoms with van der Waals surface area (Å²) in [6.07, 6.45) is 2.53. The molecular weight excluding hydrogens is 190 g/mol. The van der Waals surface area contributed by atoms with Crippen molar-refractivity contribution in [3.8, 4) is 0 Å². The number of piperidine rings is 1. The quantitative estimate of drug-likeness (QED) is 0.694. The van der Waals surface area contributed by atoms with Gasteiger partial charge in [-0.2, -0.15) is 0 Å². The molecule has 15 heavy (non-hydrogen) atoms. The van der Waals surface area contributed by atoms with Gasteiger partial charge in [0.2, 0.25) is 0 Å². The fraction of sp³-hybridized carbons (Fsp3) is 0.909. The van der Waals surface area contributed by atoms with E-state index < -0.39 is 0 Å². The van der Waals surface area contributed by atoms with Crippen molar-refractivity contribution >= 4 is 6.03 Å². The minimum Gasteiger partial charge on any atom is -0.328 e. The molecule has 86 valence electrons. The van der Waals surface area contributed by atoms with Crippen LogP contribution >= 0.6 is 0 Å². The van der Waals surface area contributed by atoms with Gasteiger partial charge in [-0.3, -0.25) is 0 Å². The number of carbonyl (C=O) groups is 1. The topological polar surface area (TPSA) is 35.6 Å². The lowest BCUT2D eigenvalue weighted by Crippen LogP contribution is -2.42. The Morgan fingerprint density at radius 2 is 2.33 bits per heavy atom. The highest BCUT2D eigenvalue weighted by atomic mass is 16.2. The van der Waals surface area contributed by atoms with Gasteiger partial charge in [-0.25, -0.2) is 4.79 Å². The van der Waals surface area contributed by atoms with E-state index in [0.29, 0.717) is 12.0 Å². The lowest BCUT2D eigenvalue weighted by molar-refractivity contribution is 0.173. The maximum Gasteiger partial charge on any atom is 0.319 e. The Morgan fingerprint density at radius 3 is 3.00 bits per heavy atom. The normalized spacial score (nSPS) is 30.1. The largest absolute Gasteiger partial charge is 0.328 e. The zero-order valence-electron chi connectivity index (χ0n) is 9.70. The Balaban J connectivity index is 1.93. The fourth-order valence-electron chi connectivity index (χ4n) is 2.58. The Hall–Kier alpha value is -0.770. The van der Waals surface area contributed by atoms with Crippen molar-refractivity contribution in [2.24, 2.45) is 5.92 Å². The summed E-state index contributed by atoms with van der Waals surface area (Å²) in [5.74, 6) is 0.688. The average Bonchev–Trinajstić information content (AvgIpc) is 2.70. The molecule has 0 bridgehead atoms. The van der Waals surface area contributed by atoms with E-state index in [1.165, 1.54) is 12.8 Å². The first-order chi connectivity index (χ1) is 7.22. The molecule has 2 aliphatic heterocycles. The molecule has 2 heterocycles. The molecule has 2 aliphatic rings. The van der Waals surface area contributed by atoms with E-state index in [2.05, 4.69) is 5.32 Å². The highest BCUT2D eigenvalue weighted by molar-refractivity contribution is 5.74. The van der Waals surface area contributed by atoms with Crippen molar-refractivity contribution in [2.75, 3.05) is 33.2 Å². The standard InChI is InChI=1S/C11H21N3O/c1-3-13(2)11(15)14-7-9-5-4-6-12-10(9)8-14/h9-10,12H,3-8H2,1-2H3/t9-,10+/m0/s1. The van der Waals surface area contributed by atoms with Gasteiger partial charge in [-0.15, -0.1) is 0 Å². The molecule has 2 fully saturated rings. The van der Waals surface area contributed by atoms with E-state index in [1.807, 2.05) is 18.9 Å². The van der Waals surface area contributed by atoms with Gasteiger partial charge in [0.25, 0.3) is 0 Å². The predicted octanol–water partition coefficient (Wildman–Crippen LogP) is 0.742. The zero-order valence-corrected chi connectivity index (χ0v) is 9.70. The Morgan fingerprint density at radius 1 is 1.53 bits per heavy atom. The third-order valence-electron chi connectivity index (χ3n) is 3.67. The molecule has 0 saturated carbocycles. The SMILES string of the molecule is CCN(C)C(=O)N1C[C@@H]2CCCN[C@@H]2C1. The van der Waals surface area contributed by atoms with E-state index in [9.17, 15) is 4.79 Å². The Bertz CT molecular complexity index is 230. The first-order valence-corrected chi connectivity index (χ1v) is 5.95. The summed E-state index contributed by atoms with van der Waals surface area (Å²) in [4.78, 5) is 15.7. The summed E-state index contributed by atoms with van der Waals surface area (Å²) in [6.45, 7) is 5.76. The van der Waals surface area contributed by atoms with Crippen LogP contribution in [-0.2, 0) is 0 Å². The van der Waals surface area contributed by atoms with Gasteiger partial charge in [0, 0.05) is 32.7 Å². The molecule has 0 unspecified atom stereocenters. The molecule has 0 aliphatic carbocycles. The maximum atomic E-state index is 11.9. The van der Waals surface area contributed by atoms with Crippen LogP contribution in [0.2, 0.25) is 0 Å². The summed E-state index contributed by atoms with van der Waals surface area (Å²) in [6, 6.07) is 0.738. The molecule has 1 N–H and O–H groups in total. The van der Waals surface area contributed by atoms with E-state index in [4.69, 9.17) is 0 Å². The van der Waals surface area contributed by atoms with E-state index in [1.54, 1.807) is 4.90 Å². The third-order valence-corrected chi connectivity index (χ3v) is 3.67. The minimum atomic E-state index is 0.189. The van der Waals surface area contributed by atoms with Gasteiger partial charge in [-0.05, 0) is 32.2 Å². The number of amides is 2. The number of urea groups is 1. The van der Waals surface area contributed by atoms with Crippen LogP contribution in [0.25, 0.3) is 0 Å². The van der Waals surface area contributed by atoms with Crippen molar-refractivity contribution in [2.45, 2.75) is 25.8 Å². The van der Waals surface area contributed by atoms with Gasteiger partial charge in [-0.1, -0.05) is 0 Å². The molecular formula is C11H21N3O. The second-order valence-electron chi connectivity index (χ2n) is 4.66. The molecule has 2 atom stereocenters. The average molecular weight is 211 g/mol. The third kappa shape index (κ3) is 2.09. The fourth-order valence-corrected chi connectivity index (χ4v) is 2.58. The van der Waals surface area contributed by atoms with Crippen LogP contribution < -0.4 is 5.32 Å². The van der Waals surface area contributed by atoms with Crippen LogP contribution in [0.5, 0.6) is 0 Å². The van der Waals surface area contributed by atoms with Gasteiger partial charge in [0.1, 0.15) is 0 Å². The number of fused-ring (bicyclic) bond motifs is 1. The van der Waals surface area contributed by atoms with Crippen molar-refractivity contribution in [3.63, 3.8) is 0 Å². The van der Waals surface area contributed by atoms with Crippen molar-refractivity contribution in [1.82, 2.24) is 15.1 Å². The molecule has 0 radical (unpaired) electrons. The number of nitrogens with one attached hydrogen (secondary N) is 1. The first kappa shape index (κ1) is 10.7. The maximum absolute atomic E-state index is 11.9. The van der Waals surface area contributed by atoms with E-state index >= 15 is 0 Å². The van der Waals surface area contributed by atoms with Crippen LogP contribution in [0.3, 0.4) is 0 Å². The number of likely N-dealkylation sites (tertiary alicyclic amines) is 1. The molecule has 4 nitrogen and oxygen atoms in total. The van der Waals surface area contributed by atoms with Crippen LogP contribution in [-0.4, -0.2) is 55.1 Å². The molecule has 0 aromatic carbocycles. The smallest absolute Gasteiger partial charge is 0.319 e. The molecule has 2 amide bonds. The predicted molar refractivity (Wildman–Crippen MR) is 59.8 cm³/mol. The number of carbonyl (C=O) groups excluding carboxylic acids is 1. The summed E-state index contributed by atoms with van der Waals surface area (Å²) in [5.41, 5.74) is 0. The number of rotatable bonds is 1. The Kier molecular flexibility index (Phi) is 3.14. The molecule has 4 heteroatoms. The minimum absolute atomic E-state index is 0.189. The van der Waals surface area contributed by atoms with Crippen LogP contribution in [0.1, 0.15) is 19.8 Å². The summed E-state index contributed by atoms with van der Waals surface area (Å²) < 4.78 is 0. The van der Waals surface area contributed by atoms with Crippen LogP contribution in [0.4, 0.5) is 4.79 Å². The number of nitrogens with zero attached hydrogens (tertiary/aromatic N) is 2. The second kappa shape index (κ2) is 4.39. The molecule has 2 saturated heterocycles. The highest BCUT2D eigenvalue weighted by Gasteiger charge is 2.36. The number of hydrogen-bond acceptors (Lipinski definition) is 2. The molecule has 0 aromatic heterocycles. The molecule has 0 spiro atoms. The molecule has 2 rings (SSSR count). The van der Waals surface area contributed by atoms with E-state index in [0.717, 1.165) is 26.2 Å². The van der Waals surface area contributed by atoms with Gasteiger partial charge >= 0.3 is 6.03 Å². The summed E-state index contributed by atoms with van der Waals surface area (Å²) in [7, 11) is 1.87. The summed E-state index contributed by atoms with van der Waals surface area (Å²) in [5, 5.41) is 3.51. The number of hydrogen-bond donors (Lipinski definition) is 1. The second-order valence-corrected chi connectivity index (χ2v) is 4.66. The zero-order chi connectivity index (χ0) is 10.8.